The van der Waals surface area contributed by atoms with E-state index in [4.69, 9.17) is 0 Å². The van der Waals surface area contributed by atoms with E-state index < -0.39 is 0 Å². The van der Waals surface area contributed by atoms with Gasteiger partial charge in [0.25, 0.3) is 0 Å². The standard InChI is InChI=1S/C10H17N3/c1-7-4-10(8(2)12-7)9-5-11-13(3)6-9/h5-8,10,12H,4H2,1-3H3. The number of hydrogen-bond donors (Lipinski definition) is 1. The lowest BCUT2D eigenvalue weighted by molar-refractivity contribution is 0.574. The lowest BCUT2D eigenvalue weighted by Crippen LogP contribution is -2.26. The molecule has 13 heavy (non-hydrogen) atoms. The number of nitrogens with one attached hydrogen (secondary N) is 1. The average molecular weight is 179 g/mol. The molecule has 1 aromatic heterocycles. The van der Waals surface area contributed by atoms with Gasteiger partial charge in [-0.3, -0.25) is 4.68 Å². The summed E-state index contributed by atoms with van der Waals surface area (Å²) >= 11 is 0. The summed E-state index contributed by atoms with van der Waals surface area (Å²) < 4.78 is 1.88. The Bertz CT molecular complexity index is 292. The number of hydrogen-bond acceptors (Lipinski definition) is 2. The molecule has 1 aliphatic rings. The van der Waals surface area contributed by atoms with Gasteiger partial charge in [0.05, 0.1) is 6.20 Å². The van der Waals surface area contributed by atoms with Gasteiger partial charge in [-0.1, -0.05) is 0 Å². The summed E-state index contributed by atoms with van der Waals surface area (Å²) in [6, 6.07) is 1.22. The van der Waals surface area contributed by atoms with E-state index >= 15 is 0 Å². The van der Waals surface area contributed by atoms with Crippen molar-refractivity contribution in [3.8, 4) is 0 Å². The van der Waals surface area contributed by atoms with Crippen molar-refractivity contribution >= 4 is 0 Å². The Balaban J connectivity index is 2.17. The Hall–Kier alpha value is -0.830. The molecule has 1 aromatic rings. The zero-order valence-corrected chi connectivity index (χ0v) is 8.49. The number of aryl methyl sites for hydroxylation is 1. The SMILES string of the molecule is CC1CC(c2cnn(C)c2)C(C)N1. The van der Waals surface area contributed by atoms with Gasteiger partial charge in [-0.25, -0.2) is 0 Å². The monoisotopic (exact) mass is 179 g/mol. The summed E-state index contributed by atoms with van der Waals surface area (Å²) in [5.74, 6) is 0.642. The normalized spacial score (nSPS) is 33.9. The highest BCUT2D eigenvalue weighted by molar-refractivity contribution is 5.16. The van der Waals surface area contributed by atoms with Crippen LogP contribution in [-0.2, 0) is 7.05 Å². The molecular weight excluding hydrogens is 162 g/mol. The maximum absolute atomic E-state index is 4.21. The number of aromatic nitrogens is 2. The smallest absolute Gasteiger partial charge is 0.0525 e. The fraction of sp³-hybridized carbons (Fsp3) is 0.700. The highest BCUT2D eigenvalue weighted by Gasteiger charge is 2.29. The Labute approximate surface area is 79.1 Å². The van der Waals surface area contributed by atoms with E-state index in [0.29, 0.717) is 18.0 Å². The van der Waals surface area contributed by atoms with Gasteiger partial charge in [-0.2, -0.15) is 5.10 Å². The Morgan fingerprint density at radius 2 is 2.31 bits per heavy atom. The molecule has 3 heteroatoms. The highest BCUT2D eigenvalue weighted by atomic mass is 15.2. The van der Waals surface area contributed by atoms with Gasteiger partial charge in [-0.05, 0) is 25.8 Å². The minimum Gasteiger partial charge on any atom is -0.311 e. The van der Waals surface area contributed by atoms with Crippen molar-refractivity contribution < 1.29 is 0 Å². The van der Waals surface area contributed by atoms with Gasteiger partial charge < -0.3 is 5.32 Å². The zero-order valence-electron chi connectivity index (χ0n) is 8.49. The van der Waals surface area contributed by atoms with Gasteiger partial charge in [0.15, 0.2) is 0 Å². The van der Waals surface area contributed by atoms with Gasteiger partial charge in [0.1, 0.15) is 0 Å². The molecule has 3 atom stereocenters. The summed E-state index contributed by atoms with van der Waals surface area (Å²) in [7, 11) is 1.97. The number of nitrogens with zero attached hydrogens (tertiary/aromatic N) is 2. The molecule has 0 amide bonds. The molecule has 3 nitrogen and oxygen atoms in total. The predicted octanol–water partition coefficient (Wildman–Crippen LogP) is 1.27. The van der Waals surface area contributed by atoms with Crippen LogP contribution in [-0.4, -0.2) is 21.9 Å². The largest absolute Gasteiger partial charge is 0.311 e. The second-order valence-electron chi connectivity index (χ2n) is 4.15. The minimum absolute atomic E-state index is 0.583. The first-order valence-electron chi connectivity index (χ1n) is 4.91. The molecule has 0 bridgehead atoms. The van der Waals surface area contributed by atoms with Gasteiger partial charge in [-0.15, -0.1) is 0 Å². The van der Waals surface area contributed by atoms with E-state index in [1.54, 1.807) is 0 Å². The summed E-state index contributed by atoms with van der Waals surface area (Å²) in [6.45, 7) is 4.49. The van der Waals surface area contributed by atoms with Crippen molar-refractivity contribution in [2.75, 3.05) is 0 Å². The lowest BCUT2D eigenvalue weighted by Gasteiger charge is -2.11. The molecule has 72 valence electrons. The Morgan fingerprint density at radius 1 is 1.54 bits per heavy atom. The van der Waals surface area contributed by atoms with E-state index in [2.05, 4.69) is 30.5 Å². The molecular formula is C10H17N3. The van der Waals surface area contributed by atoms with Crippen LogP contribution in [0.3, 0.4) is 0 Å². The summed E-state index contributed by atoms with van der Waals surface area (Å²) in [6.07, 6.45) is 5.34. The third-order valence-corrected chi connectivity index (χ3v) is 2.91. The molecule has 3 unspecified atom stereocenters. The van der Waals surface area contributed by atoms with Crippen molar-refractivity contribution in [3.05, 3.63) is 18.0 Å². The first-order chi connectivity index (χ1) is 6.16. The van der Waals surface area contributed by atoms with E-state index in [1.165, 1.54) is 12.0 Å². The first-order valence-corrected chi connectivity index (χ1v) is 4.91. The first kappa shape index (κ1) is 8.75. The summed E-state index contributed by atoms with van der Waals surface area (Å²) in [4.78, 5) is 0. The second kappa shape index (κ2) is 3.14. The van der Waals surface area contributed by atoms with Crippen LogP contribution < -0.4 is 5.32 Å². The van der Waals surface area contributed by atoms with Crippen LogP contribution in [0.2, 0.25) is 0 Å². The van der Waals surface area contributed by atoms with Crippen LogP contribution in [0.5, 0.6) is 0 Å². The van der Waals surface area contributed by atoms with Crippen molar-refractivity contribution in [1.82, 2.24) is 15.1 Å². The Kier molecular flexibility index (Phi) is 2.12. The minimum atomic E-state index is 0.583. The van der Waals surface area contributed by atoms with E-state index in [9.17, 15) is 0 Å². The van der Waals surface area contributed by atoms with Crippen molar-refractivity contribution in [3.63, 3.8) is 0 Å². The van der Waals surface area contributed by atoms with Crippen LogP contribution in [0.1, 0.15) is 31.7 Å². The molecule has 0 saturated carbocycles. The highest BCUT2D eigenvalue weighted by Crippen LogP contribution is 2.29. The van der Waals surface area contributed by atoms with E-state index in [-0.39, 0.29) is 0 Å². The van der Waals surface area contributed by atoms with Crippen LogP contribution in [0.25, 0.3) is 0 Å². The van der Waals surface area contributed by atoms with Gasteiger partial charge >= 0.3 is 0 Å². The fourth-order valence-corrected chi connectivity index (χ4v) is 2.27. The maximum atomic E-state index is 4.21. The topological polar surface area (TPSA) is 29.9 Å². The molecule has 0 spiro atoms. The molecule has 1 aliphatic heterocycles. The molecule has 1 N–H and O–H groups in total. The fourth-order valence-electron chi connectivity index (χ4n) is 2.27. The van der Waals surface area contributed by atoms with E-state index in [1.807, 2.05) is 17.9 Å². The third kappa shape index (κ3) is 1.61. The van der Waals surface area contributed by atoms with Crippen LogP contribution in [0.15, 0.2) is 12.4 Å². The van der Waals surface area contributed by atoms with Crippen molar-refractivity contribution in [1.29, 1.82) is 0 Å². The van der Waals surface area contributed by atoms with Crippen LogP contribution in [0, 0.1) is 0 Å². The molecule has 0 aromatic carbocycles. The van der Waals surface area contributed by atoms with Crippen molar-refractivity contribution in [2.24, 2.45) is 7.05 Å². The predicted molar refractivity (Wildman–Crippen MR) is 52.6 cm³/mol. The Morgan fingerprint density at radius 3 is 2.77 bits per heavy atom. The van der Waals surface area contributed by atoms with Gasteiger partial charge in [0.2, 0.25) is 0 Å². The maximum Gasteiger partial charge on any atom is 0.0525 e. The van der Waals surface area contributed by atoms with Gasteiger partial charge in [0, 0.05) is 31.2 Å². The van der Waals surface area contributed by atoms with Crippen LogP contribution >= 0.6 is 0 Å². The summed E-state index contributed by atoms with van der Waals surface area (Å²) in [5.41, 5.74) is 1.37. The number of rotatable bonds is 1. The molecule has 2 rings (SSSR count). The molecule has 0 radical (unpaired) electrons. The molecule has 2 heterocycles. The quantitative estimate of drug-likeness (QED) is 0.703. The van der Waals surface area contributed by atoms with E-state index in [0.717, 1.165) is 0 Å². The van der Waals surface area contributed by atoms with Crippen molar-refractivity contribution in [2.45, 2.75) is 38.3 Å². The average Bonchev–Trinajstić information content (AvgIpc) is 2.58. The molecule has 1 fully saturated rings. The zero-order chi connectivity index (χ0) is 9.42. The summed E-state index contributed by atoms with van der Waals surface area (Å²) in [5, 5.41) is 7.75. The second-order valence-corrected chi connectivity index (χ2v) is 4.15. The lowest BCUT2D eigenvalue weighted by atomic mass is 9.94. The molecule has 1 saturated heterocycles. The third-order valence-electron chi connectivity index (χ3n) is 2.91. The van der Waals surface area contributed by atoms with Crippen LogP contribution in [0.4, 0.5) is 0 Å². The molecule has 0 aliphatic carbocycles.